The van der Waals surface area contributed by atoms with Gasteiger partial charge in [-0.05, 0) is 24.6 Å². The van der Waals surface area contributed by atoms with E-state index in [1.54, 1.807) is 31.4 Å². The third-order valence-electron chi connectivity index (χ3n) is 3.96. The van der Waals surface area contributed by atoms with Crippen LogP contribution in [0.1, 0.15) is 24.4 Å². The second-order valence-electron chi connectivity index (χ2n) is 5.67. The molecule has 27 heavy (non-hydrogen) atoms. The predicted octanol–water partition coefficient (Wildman–Crippen LogP) is 2.84. The lowest BCUT2D eigenvalue weighted by molar-refractivity contribution is -0.384. The molecule has 0 aliphatic rings. The molecule has 0 saturated heterocycles. The number of H-pyrrole nitrogens is 1. The molecule has 0 spiro atoms. The molecule has 3 aromatic rings. The molecule has 0 amide bonds. The Morgan fingerprint density at radius 3 is 2.78 bits per heavy atom. The van der Waals surface area contributed by atoms with Gasteiger partial charge in [-0.15, -0.1) is 0 Å². The van der Waals surface area contributed by atoms with E-state index in [1.807, 2.05) is 13.0 Å². The average Bonchev–Trinajstić information content (AvgIpc) is 3.18. The fraction of sp³-hybridized carbons (Fsp3) is 0.222. The molecule has 0 aliphatic heterocycles. The third kappa shape index (κ3) is 3.87. The van der Waals surface area contributed by atoms with Gasteiger partial charge in [0.2, 0.25) is 0 Å². The highest BCUT2D eigenvalue weighted by Gasteiger charge is 2.18. The predicted molar refractivity (Wildman–Crippen MR) is 98.7 cm³/mol. The normalized spacial score (nSPS) is 11.8. The first-order valence-electron chi connectivity index (χ1n) is 8.27. The molecule has 3 N–H and O–H groups in total. The van der Waals surface area contributed by atoms with Crippen molar-refractivity contribution in [1.29, 1.82) is 0 Å². The molecule has 1 heterocycles. The lowest BCUT2D eigenvalue weighted by Crippen LogP contribution is -2.14. The molecule has 0 bridgehead atoms. The molecule has 0 fully saturated rings. The Morgan fingerprint density at radius 1 is 1.26 bits per heavy atom. The first kappa shape index (κ1) is 18.3. The summed E-state index contributed by atoms with van der Waals surface area (Å²) in [5.41, 5.74) is 7.56. The number of aromatic nitrogens is 3. The molecule has 0 aliphatic carbocycles. The Labute approximate surface area is 155 Å². The van der Waals surface area contributed by atoms with Gasteiger partial charge in [-0.1, -0.05) is 18.2 Å². The van der Waals surface area contributed by atoms with Gasteiger partial charge in [0.15, 0.2) is 17.3 Å². The zero-order valence-electron chi connectivity index (χ0n) is 14.9. The van der Waals surface area contributed by atoms with Crippen LogP contribution in [0.5, 0.6) is 11.5 Å². The second-order valence-corrected chi connectivity index (χ2v) is 5.67. The quantitative estimate of drug-likeness (QED) is 0.484. The van der Waals surface area contributed by atoms with Crippen LogP contribution < -0.4 is 15.2 Å². The summed E-state index contributed by atoms with van der Waals surface area (Å²) in [4.78, 5) is 14.9. The van der Waals surface area contributed by atoms with E-state index in [4.69, 9.17) is 15.2 Å². The maximum Gasteiger partial charge on any atom is 0.270 e. The van der Waals surface area contributed by atoms with Crippen LogP contribution in [0, 0.1) is 10.1 Å². The number of nitro benzene ring substituents is 1. The van der Waals surface area contributed by atoms with Gasteiger partial charge in [0, 0.05) is 17.7 Å². The number of rotatable bonds is 7. The van der Waals surface area contributed by atoms with E-state index in [2.05, 4.69) is 15.2 Å². The maximum atomic E-state index is 10.9. The molecular formula is C18H19N5O4. The molecule has 2 aromatic carbocycles. The van der Waals surface area contributed by atoms with Gasteiger partial charge >= 0.3 is 0 Å². The minimum atomic E-state index is -0.575. The molecule has 1 unspecified atom stereocenters. The minimum Gasteiger partial charge on any atom is -0.493 e. The van der Waals surface area contributed by atoms with Crippen molar-refractivity contribution in [3.63, 3.8) is 0 Å². The van der Waals surface area contributed by atoms with E-state index < -0.39 is 11.0 Å². The summed E-state index contributed by atoms with van der Waals surface area (Å²) < 4.78 is 10.8. The van der Waals surface area contributed by atoms with Gasteiger partial charge in [0.1, 0.15) is 5.82 Å². The number of nitrogens with one attached hydrogen (secondary N) is 1. The van der Waals surface area contributed by atoms with Crippen molar-refractivity contribution < 1.29 is 14.4 Å². The smallest absolute Gasteiger partial charge is 0.270 e. The zero-order valence-corrected chi connectivity index (χ0v) is 14.9. The molecule has 1 atom stereocenters. The van der Waals surface area contributed by atoms with Crippen LogP contribution in [0.25, 0.3) is 11.4 Å². The van der Waals surface area contributed by atoms with Crippen molar-refractivity contribution >= 4 is 5.69 Å². The number of hydrogen-bond acceptors (Lipinski definition) is 7. The molecular weight excluding hydrogens is 350 g/mol. The van der Waals surface area contributed by atoms with Gasteiger partial charge < -0.3 is 15.2 Å². The van der Waals surface area contributed by atoms with Crippen molar-refractivity contribution in [1.82, 2.24) is 15.2 Å². The molecule has 1 aromatic heterocycles. The molecule has 0 saturated carbocycles. The lowest BCUT2D eigenvalue weighted by Gasteiger charge is -2.13. The highest BCUT2D eigenvalue weighted by Crippen LogP contribution is 2.31. The number of non-ortho nitro benzene ring substituents is 1. The minimum absolute atomic E-state index is 0.0283. The SMILES string of the molecule is CCOc1ccc(C(N)c2nc(-c3cccc([N+](=O)[O-])c3)n[nH]2)cc1OC. The highest BCUT2D eigenvalue weighted by atomic mass is 16.6. The summed E-state index contributed by atoms with van der Waals surface area (Å²) in [5, 5.41) is 17.9. The van der Waals surface area contributed by atoms with Crippen LogP contribution in [0.2, 0.25) is 0 Å². The van der Waals surface area contributed by atoms with Crippen LogP contribution in [0.15, 0.2) is 42.5 Å². The van der Waals surface area contributed by atoms with E-state index in [9.17, 15) is 10.1 Å². The first-order valence-corrected chi connectivity index (χ1v) is 8.27. The third-order valence-corrected chi connectivity index (χ3v) is 3.96. The molecule has 9 nitrogen and oxygen atoms in total. The van der Waals surface area contributed by atoms with Crippen LogP contribution in [-0.2, 0) is 0 Å². The van der Waals surface area contributed by atoms with Gasteiger partial charge in [0.25, 0.3) is 5.69 Å². The standard InChI is InChI=1S/C18H19N5O4/c1-3-27-14-8-7-11(10-15(14)26-2)16(19)18-20-17(21-22-18)12-5-4-6-13(9-12)23(24)25/h4-10,16H,3,19H2,1-2H3,(H,20,21,22). The van der Waals surface area contributed by atoms with Crippen molar-refractivity contribution in [3.05, 3.63) is 64.0 Å². The molecule has 9 heteroatoms. The molecule has 140 valence electrons. The monoisotopic (exact) mass is 369 g/mol. The van der Waals surface area contributed by atoms with Crippen molar-refractivity contribution in [2.75, 3.05) is 13.7 Å². The Balaban J connectivity index is 1.88. The summed E-state index contributed by atoms with van der Waals surface area (Å²) in [6.45, 7) is 2.42. The number of hydrogen-bond donors (Lipinski definition) is 2. The Bertz CT molecular complexity index is 956. The summed E-state index contributed by atoms with van der Waals surface area (Å²) in [7, 11) is 1.56. The fourth-order valence-electron chi connectivity index (χ4n) is 2.61. The van der Waals surface area contributed by atoms with Crippen molar-refractivity contribution in [3.8, 4) is 22.9 Å². The van der Waals surface area contributed by atoms with Crippen LogP contribution in [0.3, 0.4) is 0 Å². The number of methoxy groups -OCH3 is 1. The van der Waals surface area contributed by atoms with Crippen LogP contribution >= 0.6 is 0 Å². The molecule has 0 radical (unpaired) electrons. The van der Waals surface area contributed by atoms with Gasteiger partial charge in [-0.3, -0.25) is 15.2 Å². The summed E-state index contributed by atoms with van der Waals surface area (Å²) in [6.07, 6.45) is 0. The first-order chi connectivity index (χ1) is 13.0. The van der Waals surface area contributed by atoms with E-state index in [0.717, 1.165) is 5.56 Å². The number of nitro groups is 1. The van der Waals surface area contributed by atoms with Gasteiger partial charge in [-0.2, -0.15) is 5.10 Å². The number of benzene rings is 2. The Kier molecular flexibility index (Phi) is 5.32. The average molecular weight is 369 g/mol. The topological polar surface area (TPSA) is 129 Å². The largest absolute Gasteiger partial charge is 0.493 e. The zero-order chi connectivity index (χ0) is 19.4. The van der Waals surface area contributed by atoms with Crippen molar-refractivity contribution in [2.24, 2.45) is 5.73 Å². The Morgan fingerprint density at radius 2 is 2.07 bits per heavy atom. The Hall–Kier alpha value is -3.46. The number of aromatic amines is 1. The summed E-state index contributed by atoms with van der Waals surface area (Å²) in [6, 6.07) is 10.9. The van der Waals surface area contributed by atoms with Gasteiger partial charge in [0.05, 0.1) is 24.7 Å². The van der Waals surface area contributed by atoms with E-state index in [1.165, 1.54) is 12.1 Å². The van der Waals surface area contributed by atoms with E-state index in [-0.39, 0.29) is 5.69 Å². The lowest BCUT2D eigenvalue weighted by atomic mass is 10.1. The molecule has 3 rings (SSSR count). The van der Waals surface area contributed by atoms with Crippen molar-refractivity contribution in [2.45, 2.75) is 13.0 Å². The number of nitrogens with two attached hydrogens (primary N) is 1. The maximum absolute atomic E-state index is 10.9. The van der Waals surface area contributed by atoms with Gasteiger partial charge in [-0.25, -0.2) is 4.98 Å². The second kappa shape index (κ2) is 7.83. The highest BCUT2D eigenvalue weighted by molar-refractivity contribution is 5.59. The van der Waals surface area contributed by atoms with E-state index in [0.29, 0.717) is 35.3 Å². The summed E-state index contributed by atoms with van der Waals surface area (Å²) >= 11 is 0. The van der Waals surface area contributed by atoms with Crippen LogP contribution in [0.4, 0.5) is 5.69 Å². The summed E-state index contributed by atoms with van der Waals surface area (Å²) in [5.74, 6) is 1.97. The fourth-order valence-corrected chi connectivity index (χ4v) is 2.61. The van der Waals surface area contributed by atoms with Crippen LogP contribution in [-0.4, -0.2) is 33.8 Å². The number of ether oxygens (including phenoxy) is 2. The van der Waals surface area contributed by atoms with E-state index >= 15 is 0 Å². The number of nitrogens with zero attached hydrogens (tertiary/aromatic N) is 3.